The minimum Gasteiger partial charge on any atom is -0.350 e. The Kier molecular flexibility index (Phi) is 5.85. The minimum absolute atomic E-state index is 0.375. The van der Waals surface area contributed by atoms with Gasteiger partial charge in [0.1, 0.15) is 4.88 Å². The van der Waals surface area contributed by atoms with Gasteiger partial charge in [0.05, 0.1) is 5.02 Å². The molecule has 0 aliphatic carbocycles. The normalized spacial score (nSPS) is 10.7. The number of hydrogen-bond donors (Lipinski definition) is 2. The summed E-state index contributed by atoms with van der Waals surface area (Å²) in [5.41, 5.74) is 9.03. The third-order valence-corrected chi connectivity index (χ3v) is 5.20. The van der Waals surface area contributed by atoms with Crippen LogP contribution in [0.5, 0.6) is 0 Å². The number of aryl methyl sites for hydroxylation is 1. The first-order valence-corrected chi connectivity index (χ1v) is 8.76. The quantitative estimate of drug-likeness (QED) is 0.799. The molecule has 0 radical (unpaired) electrons. The van der Waals surface area contributed by atoms with Crippen LogP contribution in [0.1, 0.15) is 41.9 Å². The number of rotatable bonds is 5. The summed E-state index contributed by atoms with van der Waals surface area (Å²) in [7, 11) is 0. The number of carbonyl (C=O) groups is 2. The first-order valence-electron chi connectivity index (χ1n) is 7.56. The highest BCUT2D eigenvalue weighted by Gasteiger charge is 2.20. The molecule has 0 bridgehead atoms. The van der Waals surface area contributed by atoms with Gasteiger partial charge in [0.25, 0.3) is 5.91 Å². The van der Waals surface area contributed by atoms with Crippen LogP contribution in [0.2, 0.25) is 5.02 Å². The maximum absolute atomic E-state index is 12.4. The number of halogens is 1. The molecule has 1 heterocycles. The smallest absolute Gasteiger partial charge is 0.333 e. The van der Waals surface area contributed by atoms with E-state index in [0.29, 0.717) is 16.4 Å². The van der Waals surface area contributed by atoms with Crippen molar-refractivity contribution in [1.82, 2.24) is 10.4 Å². The van der Waals surface area contributed by atoms with E-state index in [0.717, 1.165) is 34.4 Å². The number of hydrogen-bond acceptors (Lipinski definition) is 3. The molecule has 0 aliphatic heterocycles. The second-order valence-corrected chi connectivity index (χ2v) is 6.64. The van der Waals surface area contributed by atoms with Crippen LogP contribution in [0.3, 0.4) is 0 Å². The minimum atomic E-state index is -0.683. The topological polar surface area (TPSA) is 75.4 Å². The Balaban J connectivity index is 2.26. The summed E-state index contributed by atoms with van der Waals surface area (Å²) >= 11 is 7.65. The summed E-state index contributed by atoms with van der Waals surface area (Å²) in [4.78, 5) is 24.2. The zero-order chi connectivity index (χ0) is 17.0. The number of carbonyl (C=O) groups excluding carboxylic acids is 2. The Morgan fingerprint density at radius 1 is 1.35 bits per heavy atom. The van der Waals surface area contributed by atoms with Gasteiger partial charge >= 0.3 is 6.03 Å². The van der Waals surface area contributed by atoms with Crippen LogP contribution in [0.25, 0.3) is 10.1 Å². The summed E-state index contributed by atoms with van der Waals surface area (Å²) in [5, 5.41) is 2.38. The Bertz CT molecular complexity index is 729. The number of amides is 3. The van der Waals surface area contributed by atoms with Gasteiger partial charge in [-0.2, -0.15) is 0 Å². The monoisotopic (exact) mass is 353 g/mol. The van der Waals surface area contributed by atoms with Crippen LogP contribution >= 0.6 is 22.9 Å². The lowest BCUT2D eigenvalue weighted by Gasteiger charge is -2.20. The third-order valence-electron chi connectivity index (χ3n) is 3.55. The van der Waals surface area contributed by atoms with Crippen LogP contribution in [-0.2, 0) is 6.42 Å². The second-order valence-electron chi connectivity index (χ2n) is 5.21. The van der Waals surface area contributed by atoms with Crippen molar-refractivity contribution in [1.29, 1.82) is 0 Å². The number of unbranched alkanes of at least 4 members (excludes halogenated alkanes) is 1. The Labute approximate surface area is 144 Å². The Hall–Kier alpha value is -1.79. The van der Waals surface area contributed by atoms with E-state index in [9.17, 15) is 9.59 Å². The van der Waals surface area contributed by atoms with Gasteiger partial charge in [-0.25, -0.2) is 9.80 Å². The van der Waals surface area contributed by atoms with Crippen LogP contribution in [0, 0.1) is 0 Å². The molecule has 0 saturated heterocycles. The molecule has 1 aromatic heterocycles. The summed E-state index contributed by atoms with van der Waals surface area (Å²) in [5.74, 6) is -0.413. The summed E-state index contributed by atoms with van der Waals surface area (Å²) < 4.78 is 0.957. The number of nitrogens with one attached hydrogen (secondary N) is 1. The van der Waals surface area contributed by atoms with Crippen molar-refractivity contribution in [2.24, 2.45) is 5.73 Å². The Morgan fingerprint density at radius 2 is 2.09 bits per heavy atom. The molecule has 0 atom stereocenters. The van der Waals surface area contributed by atoms with Crippen molar-refractivity contribution in [2.45, 2.75) is 33.1 Å². The average molecular weight is 354 g/mol. The maximum atomic E-state index is 12.4. The third kappa shape index (κ3) is 3.95. The first kappa shape index (κ1) is 17.6. The predicted octanol–water partition coefficient (Wildman–Crippen LogP) is 3.94. The van der Waals surface area contributed by atoms with E-state index in [-0.39, 0.29) is 0 Å². The SMILES string of the molecule is CCCCN(NC(=O)c1sc2cc(CC)ccc2c1Cl)C(N)=O. The molecule has 0 unspecified atom stereocenters. The molecule has 0 aliphatic rings. The maximum Gasteiger partial charge on any atom is 0.333 e. The van der Waals surface area contributed by atoms with Gasteiger partial charge in [-0.15, -0.1) is 11.3 Å². The van der Waals surface area contributed by atoms with Gasteiger partial charge in [-0.3, -0.25) is 10.2 Å². The molecule has 2 aromatic rings. The molecule has 3 amide bonds. The van der Waals surface area contributed by atoms with Crippen molar-refractivity contribution >= 4 is 45.0 Å². The number of hydrazine groups is 1. The second kappa shape index (κ2) is 7.66. The fourth-order valence-corrected chi connectivity index (χ4v) is 3.66. The van der Waals surface area contributed by atoms with Gasteiger partial charge in [0.15, 0.2) is 0 Å². The van der Waals surface area contributed by atoms with E-state index in [1.54, 1.807) is 0 Å². The molecule has 2 rings (SSSR count). The predicted molar refractivity (Wildman–Crippen MR) is 94.9 cm³/mol. The fraction of sp³-hybridized carbons (Fsp3) is 0.375. The van der Waals surface area contributed by atoms with Crippen molar-refractivity contribution < 1.29 is 9.59 Å². The summed E-state index contributed by atoms with van der Waals surface area (Å²) in [6.07, 6.45) is 2.56. The molecule has 3 N–H and O–H groups in total. The molecule has 5 nitrogen and oxygen atoms in total. The standard InChI is InChI=1S/C16H20ClN3O2S/c1-3-5-8-20(16(18)22)19-15(21)14-13(17)11-7-6-10(4-2)9-12(11)23-14/h6-7,9H,3-5,8H2,1-2H3,(H2,18,22)(H,19,21). The Morgan fingerprint density at radius 3 is 2.70 bits per heavy atom. The van der Waals surface area contributed by atoms with Crippen molar-refractivity contribution in [2.75, 3.05) is 6.54 Å². The van der Waals surface area contributed by atoms with Crippen LogP contribution in [0.15, 0.2) is 18.2 Å². The molecule has 0 saturated carbocycles. The summed E-state index contributed by atoms with van der Waals surface area (Å²) in [6.45, 7) is 4.44. The number of nitrogens with two attached hydrogens (primary N) is 1. The van der Waals surface area contributed by atoms with Gasteiger partial charge in [0, 0.05) is 16.6 Å². The first-order chi connectivity index (χ1) is 11.0. The highest BCUT2D eigenvalue weighted by Crippen LogP contribution is 2.35. The molecular weight excluding hydrogens is 334 g/mol. The molecular formula is C16H20ClN3O2S. The van der Waals surface area contributed by atoms with Crippen LogP contribution < -0.4 is 11.2 Å². The number of urea groups is 1. The molecule has 7 heteroatoms. The molecule has 0 spiro atoms. The van der Waals surface area contributed by atoms with Crippen LogP contribution in [0.4, 0.5) is 4.79 Å². The van der Waals surface area contributed by atoms with E-state index in [1.165, 1.54) is 16.9 Å². The number of benzene rings is 1. The van der Waals surface area contributed by atoms with Gasteiger partial charge in [-0.05, 0) is 24.5 Å². The lowest BCUT2D eigenvalue weighted by Crippen LogP contribution is -2.49. The molecule has 0 fully saturated rings. The summed E-state index contributed by atoms with van der Waals surface area (Å²) in [6, 6.07) is 5.27. The fourth-order valence-electron chi connectivity index (χ4n) is 2.19. The largest absolute Gasteiger partial charge is 0.350 e. The van der Waals surface area contributed by atoms with Crippen molar-refractivity contribution in [3.05, 3.63) is 33.7 Å². The van der Waals surface area contributed by atoms with Crippen molar-refractivity contribution in [3.63, 3.8) is 0 Å². The number of thiophene rings is 1. The van der Waals surface area contributed by atoms with E-state index < -0.39 is 11.9 Å². The average Bonchev–Trinajstić information content (AvgIpc) is 2.87. The number of nitrogens with zero attached hydrogens (tertiary/aromatic N) is 1. The zero-order valence-corrected chi connectivity index (χ0v) is 14.8. The molecule has 23 heavy (non-hydrogen) atoms. The lowest BCUT2D eigenvalue weighted by atomic mass is 10.1. The number of primary amides is 1. The lowest BCUT2D eigenvalue weighted by molar-refractivity contribution is 0.0836. The van der Waals surface area contributed by atoms with Gasteiger partial charge < -0.3 is 5.73 Å². The highest BCUT2D eigenvalue weighted by molar-refractivity contribution is 7.21. The highest BCUT2D eigenvalue weighted by atomic mass is 35.5. The van der Waals surface area contributed by atoms with Gasteiger partial charge in [0.2, 0.25) is 0 Å². The van der Waals surface area contributed by atoms with Crippen LogP contribution in [-0.4, -0.2) is 23.5 Å². The van der Waals surface area contributed by atoms with Crippen molar-refractivity contribution in [3.8, 4) is 0 Å². The number of fused-ring (bicyclic) bond motifs is 1. The van der Waals surface area contributed by atoms with E-state index in [1.807, 2.05) is 25.1 Å². The van der Waals surface area contributed by atoms with Gasteiger partial charge in [-0.1, -0.05) is 44.0 Å². The van der Waals surface area contributed by atoms with E-state index in [2.05, 4.69) is 12.3 Å². The van der Waals surface area contributed by atoms with E-state index in [4.69, 9.17) is 17.3 Å². The molecule has 124 valence electrons. The van der Waals surface area contributed by atoms with E-state index >= 15 is 0 Å². The molecule has 1 aromatic carbocycles. The zero-order valence-electron chi connectivity index (χ0n) is 13.2.